The maximum absolute atomic E-state index is 13.6. The summed E-state index contributed by atoms with van der Waals surface area (Å²) >= 11 is 1.55. The van der Waals surface area contributed by atoms with Crippen molar-refractivity contribution in [3.05, 3.63) is 42.2 Å². The molecule has 2 heterocycles. The molecule has 0 unspecified atom stereocenters. The normalized spacial score (nSPS) is 13.1. The maximum atomic E-state index is 13.6. The van der Waals surface area contributed by atoms with Gasteiger partial charge in [-0.2, -0.15) is 0 Å². The fraction of sp³-hybridized carbons (Fsp3) is 0.385. The van der Waals surface area contributed by atoms with Crippen LogP contribution in [0.1, 0.15) is 34.6 Å². The molecule has 3 N–H and O–H groups in total. The van der Waals surface area contributed by atoms with Gasteiger partial charge in [-0.25, -0.2) is 23.4 Å². The number of hydrogen-bond acceptors (Lipinski definition) is 11. The van der Waals surface area contributed by atoms with E-state index in [4.69, 9.17) is 15.2 Å². The Bertz CT molecular complexity index is 1580. The zero-order valence-corrected chi connectivity index (χ0v) is 23.5. The van der Waals surface area contributed by atoms with Crippen LogP contribution in [0.5, 0.6) is 5.75 Å². The van der Waals surface area contributed by atoms with Crippen LogP contribution in [0.25, 0.3) is 21.1 Å². The van der Waals surface area contributed by atoms with Crippen molar-refractivity contribution in [2.45, 2.75) is 50.3 Å². The Kier molecular flexibility index (Phi) is 7.86. The molecular formula is C26H31N5O5S2. The number of carbonyl (C=O) groups excluding carboxylic acids is 1. The highest BCUT2D eigenvalue weighted by Gasteiger charge is 2.34. The molecule has 0 aliphatic heterocycles. The second kappa shape index (κ2) is 10.8. The number of benzene rings is 2. The van der Waals surface area contributed by atoms with Crippen molar-refractivity contribution in [3.63, 3.8) is 0 Å². The molecule has 0 saturated heterocycles. The first-order valence-electron chi connectivity index (χ1n) is 12.1. The summed E-state index contributed by atoms with van der Waals surface area (Å²) in [5.74, 6) is -0.0504. The summed E-state index contributed by atoms with van der Waals surface area (Å²) < 4.78 is 38.1. The van der Waals surface area contributed by atoms with Gasteiger partial charge in [0.2, 0.25) is 0 Å². The number of nitrogens with one attached hydrogen (secondary N) is 1. The Morgan fingerprint density at radius 1 is 1.08 bits per heavy atom. The van der Waals surface area contributed by atoms with Crippen LogP contribution in [0.4, 0.5) is 11.5 Å². The molecule has 2 aromatic carbocycles. The molecule has 0 bridgehead atoms. The van der Waals surface area contributed by atoms with Gasteiger partial charge in [0.05, 0.1) is 26.0 Å². The van der Waals surface area contributed by atoms with E-state index in [9.17, 15) is 13.2 Å². The minimum Gasteiger partial charge on any atom is -0.489 e. The minimum atomic E-state index is -3.83. The van der Waals surface area contributed by atoms with E-state index in [1.165, 1.54) is 12.4 Å². The van der Waals surface area contributed by atoms with Crippen LogP contribution in [0, 0.1) is 5.92 Å². The third-order valence-corrected chi connectivity index (χ3v) is 9.29. The summed E-state index contributed by atoms with van der Waals surface area (Å²) in [4.78, 5) is 25.1. The smallest absolute Gasteiger partial charge is 0.323 e. The van der Waals surface area contributed by atoms with E-state index in [1.54, 1.807) is 43.7 Å². The number of esters is 1. The van der Waals surface area contributed by atoms with Gasteiger partial charge in [0, 0.05) is 17.1 Å². The van der Waals surface area contributed by atoms with Gasteiger partial charge in [0.25, 0.3) is 0 Å². The van der Waals surface area contributed by atoms with E-state index in [2.05, 4.69) is 20.3 Å². The highest BCUT2D eigenvalue weighted by molar-refractivity contribution is 7.92. The van der Waals surface area contributed by atoms with E-state index in [-0.39, 0.29) is 29.8 Å². The van der Waals surface area contributed by atoms with Crippen LogP contribution in [0.3, 0.4) is 0 Å². The Hall–Kier alpha value is -3.35. The van der Waals surface area contributed by atoms with E-state index in [0.29, 0.717) is 16.7 Å². The largest absolute Gasteiger partial charge is 0.489 e. The van der Waals surface area contributed by atoms with Crippen molar-refractivity contribution in [2.24, 2.45) is 11.7 Å². The van der Waals surface area contributed by atoms with Crippen molar-refractivity contribution in [1.82, 2.24) is 15.0 Å². The van der Waals surface area contributed by atoms with Crippen molar-refractivity contribution < 1.29 is 22.7 Å². The SMILES string of the molecule is CC(C)[C@H](N)C(=O)OCCOc1cc2ncnc(Nc3ccc4scnc4c3)c2cc1S(=O)(=O)C(C)(C)C. The Labute approximate surface area is 225 Å². The molecule has 4 aromatic rings. The standard InChI is InChI=1S/C26H31N5O5S2/c1-15(2)23(27)25(32)36-9-8-35-20-12-18-17(11-22(20)38(33,34)26(3,4)5)24(29-13-28-18)31-16-6-7-21-19(10-16)30-14-37-21/h6-7,10-15,23H,8-9,27H2,1-5H3,(H,28,29,31)/t23-/m0/s1. The molecule has 38 heavy (non-hydrogen) atoms. The summed E-state index contributed by atoms with van der Waals surface area (Å²) in [5, 5.41) is 3.77. The van der Waals surface area contributed by atoms with Crippen LogP contribution >= 0.6 is 11.3 Å². The number of ether oxygens (including phenoxy) is 2. The monoisotopic (exact) mass is 557 g/mol. The zero-order chi connectivity index (χ0) is 27.7. The second-order valence-corrected chi connectivity index (χ2v) is 13.7. The molecule has 1 atom stereocenters. The fourth-order valence-corrected chi connectivity index (χ4v) is 5.53. The van der Waals surface area contributed by atoms with Gasteiger partial charge < -0.3 is 20.5 Å². The molecule has 202 valence electrons. The van der Waals surface area contributed by atoms with Gasteiger partial charge in [-0.1, -0.05) is 13.8 Å². The average molecular weight is 558 g/mol. The third-order valence-electron chi connectivity index (χ3n) is 5.97. The number of sulfone groups is 1. The first-order valence-corrected chi connectivity index (χ1v) is 14.4. The lowest BCUT2D eigenvalue weighted by Crippen LogP contribution is -2.37. The van der Waals surface area contributed by atoms with E-state index < -0.39 is 26.6 Å². The van der Waals surface area contributed by atoms with Gasteiger partial charge >= 0.3 is 5.97 Å². The number of nitrogens with two attached hydrogens (primary N) is 1. The number of thiazole rings is 1. The predicted octanol–water partition coefficient (Wildman–Crippen LogP) is 4.46. The molecule has 0 radical (unpaired) electrons. The quantitative estimate of drug-likeness (QED) is 0.223. The van der Waals surface area contributed by atoms with Gasteiger partial charge in [0.1, 0.15) is 42.0 Å². The lowest BCUT2D eigenvalue weighted by Gasteiger charge is -2.22. The maximum Gasteiger partial charge on any atom is 0.323 e. The zero-order valence-electron chi connectivity index (χ0n) is 21.9. The van der Waals surface area contributed by atoms with Crippen molar-refractivity contribution >= 4 is 59.8 Å². The number of hydrogen-bond donors (Lipinski definition) is 2. The Morgan fingerprint density at radius 2 is 1.84 bits per heavy atom. The lowest BCUT2D eigenvalue weighted by molar-refractivity contribution is -0.147. The molecule has 0 aliphatic rings. The molecule has 2 aromatic heterocycles. The number of anilines is 2. The van der Waals surface area contributed by atoms with E-state index in [1.807, 2.05) is 32.0 Å². The Morgan fingerprint density at radius 3 is 2.55 bits per heavy atom. The predicted molar refractivity (Wildman–Crippen MR) is 149 cm³/mol. The first-order chi connectivity index (χ1) is 17.9. The van der Waals surface area contributed by atoms with Crippen LogP contribution in [0.15, 0.2) is 47.1 Å². The molecule has 0 aliphatic carbocycles. The molecular weight excluding hydrogens is 526 g/mol. The van der Waals surface area contributed by atoms with Crippen LogP contribution < -0.4 is 15.8 Å². The molecule has 12 heteroatoms. The molecule has 4 rings (SSSR count). The molecule has 0 amide bonds. The molecule has 10 nitrogen and oxygen atoms in total. The topological polar surface area (TPSA) is 146 Å². The summed E-state index contributed by atoms with van der Waals surface area (Å²) in [6, 6.07) is 8.11. The molecule has 0 saturated carbocycles. The highest BCUT2D eigenvalue weighted by atomic mass is 32.2. The summed E-state index contributed by atoms with van der Waals surface area (Å²) in [7, 11) is -3.83. The van der Waals surface area contributed by atoms with Gasteiger partial charge in [-0.05, 0) is 51.0 Å². The number of nitrogens with zero attached hydrogens (tertiary/aromatic N) is 3. The van der Waals surface area contributed by atoms with Gasteiger partial charge in [-0.3, -0.25) is 4.79 Å². The van der Waals surface area contributed by atoms with Crippen LogP contribution in [-0.4, -0.2) is 53.3 Å². The highest BCUT2D eigenvalue weighted by Crippen LogP contribution is 2.37. The number of rotatable bonds is 9. The van der Waals surface area contributed by atoms with Crippen molar-refractivity contribution in [2.75, 3.05) is 18.5 Å². The Balaban J connectivity index is 1.67. The lowest BCUT2D eigenvalue weighted by atomic mass is 10.1. The summed E-state index contributed by atoms with van der Waals surface area (Å²) in [6.07, 6.45) is 1.39. The summed E-state index contributed by atoms with van der Waals surface area (Å²) in [6.45, 7) is 8.37. The first kappa shape index (κ1) is 27.7. The average Bonchev–Trinajstić information content (AvgIpc) is 3.33. The molecule has 0 fully saturated rings. The minimum absolute atomic E-state index is 0.00416. The number of fused-ring (bicyclic) bond motifs is 2. The van der Waals surface area contributed by atoms with Crippen LogP contribution in [-0.2, 0) is 19.4 Å². The summed E-state index contributed by atoms with van der Waals surface area (Å²) in [5.41, 5.74) is 9.68. The third kappa shape index (κ3) is 5.71. The number of carbonyl (C=O) groups is 1. The van der Waals surface area contributed by atoms with Crippen LogP contribution in [0.2, 0.25) is 0 Å². The fourth-order valence-electron chi connectivity index (χ4n) is 3.55. The van der Waals surface area contributed by atoms with E-state index >= 15 is 0 Å². The molecule has 0 spiro atoms. The van der Waals surface area contributed by atoms with Gasteiger partial charge in [-0.15, -0.1) is 11.3 Å². The van der Waals surface area contributed by atoms with E-state index in [0.717, 1.165) is 15.9 Å². The van der Waals surface area contributed by atoms with Gasteiger partial charge in [0.15, 0.2) is 9.84 Å². The second-order valence-electron chi connectivity index (χ2n) is 10.1. The van der Waals surface area contributed by atoms with Crippen molar-refractivity contribution in [1.29, 1.82) is 0 Å². The number of aromatic nitrogens is 3. The van der Waals surface area contributed by atoms with Crippen molar-refractivity contribution in [3.8, 4) is 5.75 Å².